The predicted octanol–water partition coefficient (Wildman–Crippen LogP) is 3.17. The molecule has 1 heterocycles. The molecular weight excluding hydrogens is 511 g/mol. The van der Waals surface area contributed by atoms with E-state index in [2.05, 4.69) is 39.9 Å². The topological polar surface area (TPSA) is 73.8 Å². The third-order valence-electron chi connectivity index (χ3n) is 5.84. The number of nitrogens with zero attached hydrogens (tertiary/aromatic N) is 2. The van der Waals surface area contributed by atoms with E-state index < -0.39 is 10.8 Å². The molecule has 3 atom stereocenters. The van der Waals surface area contributed by atoms with Gasteiger partial charge in [0.15, 0.2) is 5.96 Å². The van der Waals surface area contributed by atoms with Gasteiger partial charge in [-0.25, -0.2) is 0 Å². The van der Waals surface area contributed by atoms with Gasteiger partial charge in [0.25, 0.3) is 0 Å². The maximum Gasteiger partial charge on any atom is 0.222 e. The highest BCUT2D eigenvalue weighted by molar-refractivity contribution is 14.0. The van der Waals surface area contributed by atoms with Crippen LogP contribution in [0.3, 0.4) is 0 Å². The molecule has 1 saturated carbocycles. The Hall–Kier alpha value is -1.16. The van der Waals surface area contributed by atoms with Crippen LogP contribution in [0.25, 0.3) is 0 Å². The van der Waals surface area contributed by atoms with Gasteiger partial charge in [-0.2, -0.15) is 0 Å². The van der Waals surface area contributed by atoms with Gasteiger partial charge in [0.05, 0.1) is 0 Å². The van der Waals surface area contributed by atoms with Gasteiger partial charge in [0.1, 0.15) is 0 Å². The van der Waals surface area contributed by atoms with Crippen LogP contribution in [0.2, 0.25) is 0 Å². The van der Waals surface area contributed by atoms with E-state index in [-0.39, 0.29) is 29.9 Å². The maximum atomic E-state index is 12.2. The standard InChI is InChI=1S/C22H34N4O2S.HI/c1-3-29(28)20-10-5-9-19(14-20)25-22(23-2)24-15-17-7-4-8-18(13-17)16-26-12-6-11-21(26)27;/h4,7-8,13,19-20H,3,5-6,9-12,14-16H2,1-2H3,(H2,23,24,25);1H. The van der Waals surface area contributed by atoms with Gasteiger partial charge in [-0.3, -0.25) is 14.0 Å². The van der Waals surface area contributed by atoms with Crippen LogP contribution in [0.4, 0.5) is 0 Å². The van der Waals surface area contributed by atoms with Crippen LogP contribution in [-0.2, 0) is 28.7 Å². The Morgan fingerprint density at radius 1 is 1.27 bits per heavy atom. The lowest BCUT2D eigenvalue weighted by Crippen LogP contribution is -2.46. The van der Waals surface area contributed by atoms with E-state index in [1.807, 2.05) is 11.8 Å². The van der Waals surface area contributed by atoms with Gasteiger partial charge in [0.2, 0.25) is 5.91 Å². The fourth-order valence-corrected chi connectivity index (χ4v) is 5.60. The largest absolute Gasteiger partial charge is 0.354 e. The molecule has 1 aromatic carbocycles. The first kappa shape index (κ1) is 25.1. The minimum atomic E-state index is -0.720. The summed E-state index contributed by atoms with van der Waals surface area (Å²) in [6, 6.07) is 8.71. The summed E-state index contributed by atoms with van der Waals surface area (Å²) in [4.78, 5) is 18.2. The van der Waals surface area contributed by atoms with Crippen molar-refractivity contribution < 1.29 is 9.00 Å². The highest BCUT2D eigenvalue weighted by atomic mass is 127. The van der Waals surface area contributed by atoms with Crippen LogP contribution in [0.5, 0.6) is 0 Å². The van der Waals surface area contributed by atoms with Crippen LogP contribution < -0.4 is 10.6 Å². The lowest BCUT2D eigenvalue weighted by molar-refractivity contribution is -0.128. The van der Waals surface area contributed by atoms with Crippen molar-refractivity contribution >= 4 is 46.6 Å². The molecule has 30 heavy (non-hydrogen) atoms. The molecule has 1 amide bonds. The Labute approximate surface area is 200 Å². The number of hydrogen-bond donors (Lipinski definition) is 2. The molecule has 168 valence electrons. The Morgan fingerprint density at radius 2 is 2.07 bits per heavy atom. The molecule has 2 aliphatic rings. The zero-order valence-corrected chi connectivity index (χ0v) is 21.2. The average Bonchev–Trinajstić information content (AvgIpc) is 3.15. The third kappa shape index (κ3) is 7.21. The molecule has 1 saturated heterocycles. The van der Waals surface area contributed by atoms with E-state index in [0.717, 1.165) is 50.4 Å². The average molecular weight is 547 g/mol. The second kappa shape index (κ2) is 12.6. The van der Waals surface area contributed by atoms with E-state index in [9.17, 15) is 9.00 Å². The van der Waals surface area contributed by atoms with Gasteiger partial charge in [-0.15, -0.1) is 24.0 Å². The van der Waals surface area contributed by atoms with Crippen molar-refractivity contribution in [2.45, 2.75) is 69.8 Å². The quantitative estimate of drug-likeness (QED) is 0.313. The number of guanidine groups is 1. The molecular formula is C22H35IN4O2S. The Kier molecular flexibility index (Phi) is 10.6. The second-order valence-electron chi connectivity index (χ2n) is 7.96. The van der Waals surface area contributed by atoms with E-state index in [1.54, 1.807) is 7.05 Å². The van der Waals surface area contributed by atoms with E-state index in [1.165, 1.54) is 11.1 Å². The second-order valence-corrected chi connectivity index (χ2v) is 9.97. The van der Waals surface area contributed by atoms with Gasteiger partial charge in [0, 0.05) is 60.9 Å². The number of halogens is 1. The lowest BCUT2D eigenvalue weighted by Gasteiger charge is -2.30. The molecule has 3 rings (SSSR count). The highest BCUT2D eigenvalue weighted by Gasteiger charge is 2.26. The van der Waals surface area contributed by atoms with Crippen molar-refractivity contribution in [1.29, 1.82) is 0 Å². The normalized spacial score (nSPS) is 23.1. The summed E-state index contributed by atoms with van der Waals surface area (Å²) in [5, 5.41) is 7.22. The van der Waals surface area contributed by atoms with Crippen LogP contribution in [0, 0.1) is 0 Å². The van der Waals surface area contributed by atoms with Crippen LogP contribution >= 0.6 is 24.0 Å². The maximum absolute atomic E-state index is 12.2. The molecule has 8 heteroatoms. The Bertz CT molecular complexity index is 758. The number of benzene rings is 1. The minimum Gasteiger partial charge on any atom is -0.354 e. The van der Waals surface area contributed by atoms with Crippen molar-refractivity contribution in [1.82, 2.24) is 15.5 Å². The van der Waals surface area contributed by atoms with Crippen molar-refractivity contribution in [3.63, 3.8) is 0 Å². The predicted molar refractivity (Wildman–Crippen MR) is 135 cm³/mol. The SMILES string of the molecule is CCS(=O)C1CCCC(NC(=NC)NCc2cccc(CN3CCCC3=O)c2)C1.I. The fraction of sp³-hybridized carbons (Fsp3) is 0.636. The zero-order chi connectivity index (χ0) is 20.6. The summed E-state index contributed by atoms with van der Waals surface area (Å²) < 4.78 is 12.2. The van der Waals surface area contributed by atoms with Gasteiger partial charge >= 0.3 is 0 Å². The first-order chi connectivity index (χ1) is 14.1. The van der Waals surface area contributed by atoms with Crippen LogP contribution in [0.15, 0.2) is 29.3 Å². The van der Waals surface area contributed by atoms with Gasteiger partial charge in [-0.1, -0.05) is 37.6 Å². The van der Waals surface area contributed by atoms with Crippen molar-refractivity contribution in [2.24, 2.45) is 4.99 Å². The molecule has 1 aliphatic heterocycles. The number of carbonyl (C=O) groups is 1. The van der Waals surface area contributed by atoms with Crippen molar-refractivity contribution in [3.05, 3.63) is 35.4 Å². The number of rotatable bonds is 7. The molecule has 0 bridgehead atoms. The van der Waals surface area contributed by atoms with Crippen molar-refractivity contribution in [3.8, 4) is 0 Å². The molecule has 2 N–H and O–H groups in total. The summed E-state index contributed by atoms with van der Waals surface area (Å²) in [5.41, 5.74) is 2.34. The van der Waals surface area contributed by atoms with Gasteiger partial charge < -0.3 is 15.5 Å². The van der Waals surface area contributed by atoms with Gasteiger partial charge in [-0.05, 0) is 36.8 Å². The summed E-state index contributed by atoms with van der Waals surface area (Å²) in [6.45, 7) is 4.24. The third-order valence-corrected chi connectivity index (χ3v) is 7.58. The summed E-state index contributed by atoms with van der Waals surface area (Å²) in [7, 11) is 1.07. The molecule has 1 aliphatic carbocycles. The summed E-state index contributed by atoms with van der Waals surface area (Å²) >= 11 is 0. The number of nitrogens with one attached hydrogen (secondary N) is 2. The molecule has 0 aromatic heterocycles. The van der Waals surface area contributed by atoms with Crippen LogP contribution in [-0.4, -0.2) is 51.6 Å². The summed E-state index contributed by atoms with van der Waals surface area (Å²) in [6.07, 6.45) is 5.87. The van der Waals surface area contributed by atoms with Crippen LogP contribution in [0.1, 0.15) is 56.6 Å². The zero-order valence-electron chi connectivity index (χ0n) is 18.1. The Morgan fingerprint density at radius 3 is 2.77 bits per heavy atom. The van der Waals surface area contributed by atoms with E-state index in [0.29, 0.717) is 30.8 Å². The number of carbonyl (C=O) groups excluding carboxylic acids is 1. The molecule has 1 aromatic rings. The molecule has 6 nitrogen and oxygen atoms in total. The van der Waals surface area contributed by atoms with E-state index in [4.69, 9.17) is 0 Å². The molecule has 2 fully saturated rings. The van der Waals surface area contributed by atoms with E-state index >= 15 is 0 Å². The number of aliphatic imine (C=N–C) groups is 1. The summed E-state index contributed by atoms with van der Waals surface area (Å²) in [5.74, 6) is 1.79. The molecule has 3 unspecified atom stereocenters. The molecule has 0 spiro atoms. The smallest absolute Gasteiger partial charge is 0.222 e. The monoisotopic (exact) mass is 546 g/mol. The van der Waals surface area contributed by atoms with Crippen molar-refractivity contribution in [2.75, 3.05) is 19.3 Å². The first-order valence-corrected chi connectivity index (χ1v) is 12.2. The number of amides is 1. The molecule has 0 radical (unpaired) electrons. The minimum absolute atomic E-state index is 0. The Balaban J connectivity index is 0.00000320. The number of hydrogen-bond acceptors (Lipinski definition) is 3. The number of likely N-dealkylation sites (tertiary alicyclic amines) is 1. The fourth-order valence-electron chi connectivity index (χ4n) is 4.25. The first-order valence-electron chi connectivity index (χ1n) is 10.8. The highest BCUT2D eigenvalue weighted by Crippen LogP contribution is 2.23. The lowest BCUT2D eigenvalue weighted by atomic mass is 9.95.